The smallest absolute Gasteiger partial charge is 0.257 e. The van der Waals surface area contributed by atoms with Crippen molar-refractivity contribution >= 4 is 5.91 Å². The summed E-state index contributed by atoms with van der Waals surface area (Å²) in [7, 11) is 1.51. The lowest BCUT2D eigenvalue weighted by molar-refractivity contribution is 0.0932. The van der Waals surface area contributed by atoms with E-state index in [1.54, 1.807) is 4.57 Å². The van der Waals surface area contributed by atoms with E-state index in [-0.39, 0.29) is 17.5 Å². The molecule has 0 bridgehead atoms. The van der Waals surface area contributed by atoms with Gasteiger partial charge < -0.3 is 14.6 Å². The predicted molar refractivity (Wildman–Crippen MR) is 79.9 cm³/mol. The first-order chi connectivity index (χ1) is 10.2. The molecule has 1 saturated carbocycles. The Morgan fingerprint density at radius 1 is 1.29 bits per heavy atom. The number of carbonyl (C=O) groups is 1. The second kappa shape index (κ2) is 5.92. The summed E-state index contributed by atoms with van der Waals surface area (Å²) >= 11 is 0. The summed E-state index contributed by atoms with van der Waals surface area (Å²) < 4.78 is 7.04. The summed E-state index contributed by atoms with van der Waals surface area (Å²) in [5.41, 5.74) is 1.32. The van der Waals surface area contributed by atoms with Crippen LogP contribution < -0.4 is 15.6 Å². The SMILES string of the molecule is COc1cc(=O)n2c(c1C(=O)NC1CCCC1)CCCC2. The molecule has 21 heavy (non-hydrogen) atoms. The molecule has 0 spiro atoms. The quantitative estimate of drug-likeness (QED) is 0.924. The lowest BCUT2D eigenvalue weighted by Crippen LogP contribution is -2.36. The maximum atomic E-state index is 12.7. The number of pyridine rings is 1. The molecule has 1 aliphatic heterocycles. The summed E-state index contributed by atoms with van der Waals surface area (Å²) in [5.74, 6) is 0.313. The zero-order chi connectivity index (χ0) is 14.8. The maximum Gasteiger partial charge on any atom is 0.257 e. The van der Waals surface area contributed by atoms with Crippen LogP contribution in [-0.4, -0.2) is 23.6 Å². The van der Waals surface area contributed by atoms with Crippen molar-refractivity contribution < 1.29 is 9.53 Å². The number of nitrogens with zero attached hydrogens (tertiary/aromatic N) is 1. The molecule has 1 amide bonds. The molecule has 0 saturated heterocycles. The maximum absolute atomic E-state index is 12.7. The molecule has 1 aromatic heterocycles. The molecular formula is C16H22N2O3. The van der Waals surface area contributed by atoms with Crippen LogP contribution in [0.25, 0.3) is 0 Å². The van der Waals surface area contributed by atoms with Gasteiger partial charge in [0.05, 0.1) is 7.11 Å². The Kier molecular flexibility index (Phi) is 3.99. The van der Waals surface area contributed by atoms with Gasteiger partial charge in [-0.15, -0.1) is 0 Å². The number of amides is 1. The number of rotatable bonds is 3. The van der Waals surface area contributed by atoms with Crippen LogP contribution >= 0.6 is 0 Å². The van der Waals surface area contributed by atoms with Crippen LogP contribution in [0.15, 0.2) is 10.9 Å². The van der Waals surface area contributed by atoms with Crippen molar-refractivity contribution in [3.8, 4) is 5.75 Å². The van der Waals surface area contributed by atoms with E-state index in [4.69, 9.17) is 4.74 Å². The Balaban J connectivity index is 1.98. The van der Waals surface area contributed by atoms with E-state index in [1.807, 2.05) is 0 Å². The van der Waals surface area contributed by atoms with Gasteiger partial charge in [0, 0.05) is 24.3 Å². The highest BCUT2D eigenvalue weighted by molar-refractivity contribution is 5.98. The van der Waals surface area contributed by atoms with Crippen molar-refractivity contribution in [3.63, 3.8) is 0 Å². The highest BCUT2D eigenvalue weighted by atomic mass is 16.5. The topological polar surface area (TPSA) is 60.3 Å². The first kappa shape index (κ1) is 14.2. The zero-order valence-electron chi connectivity index (χ0n) is 12.5. The van der Waals surface area contributed by atoms with Crippen LogP contribution in [-0.2, 0) is 13.0 Å². The molecule has 2 heterocycles. The largest absolute Gasteiger partial charge is 0.496 e. The summed E-state index contributed by atoms with van der Waals surface area (Å²) in [4.78, 5) is 24.8. The number of ether oxygens (including phenoxy) is 1. The van der Waals surface area contributed by atoms with Gasteiger partial charge in [0.1, 0.15) is 11.3 Å². The Labute approximate surface area is 124 Å². The van der Waals surface area contributed by atoms with Crippen LogP contribution in [0, 0.1) is 0 Å². The molecular weight excluding hydrogens is 268 g/mol. The first-order valence-electron chi connectivity index (χ1n) is 7.82. The fourth-order valence-corrected chi connectivity index (χ4v) is 3.47. The van der Waals surface area contributed by atoms with Gasteiger partial charge in [-0.05, 0) is 32.1 Å². The van der Waals surface area contributed by atoms with E-state index in [0.29, 0.717) is 17.9 Å². The van der Waals surface area contributed by atoms with E-state index in [1.165, 1.54) is 26.0 Å². The van der Waals surface area contributed by atoms with Crippen molar-refractivity contribution in [1.82, 2.24) is 9.88 Å². The van der Waals surface area contributed by atoms with Gasteiger partial charge in [-0.3, -0.25) is 9.59 Å². The molecule has 2 aliphatic rings. The number of hydrogen-bond donors (Lipinski definition) is 1. The average Bonchev–Trinajstić information content (AvgIpc) is 2.99. The third kappa shape index (κ3) is 2.69. The molecule has 5 nitrogen and oxygen atoms in total. The molecule has 5 heteroatoms. The zero-order valence-corrected chi connectivity index (χ0v) is 12.5. The van der Waals surface area contributed by atoms with Crippen LogP contribution in [0.3, 0.4) is 0 Å². The van der Waals surface area contributed by atoms with Crippen LogP contribution in [0.2, 0.25) is 0 Å². The Morgan fingerprint density at radius 2 is 2.05 bits per heavy atom. The fraction of sp³-hybridized carbons (Fsp3) is 0.625. The molecule has 1 aromatic rings. The number of hydrogen-bond acceptors (Lipinski definition) is 3. The summed E-state index contributed by atoms with van der Waals surface area (Å²) in [5, 5.41) is 3.11. The molecule has 114 valence electrons. The predicted octanol–water partition coefficient (Wildman–Crippen LogP) is 1.87. The van der Waals surface area contributed by atoms with Gasteiger partial charge in [-0.1, -0.05) is 12.8 Å². The monoisotopic (exact) mass is 290 g/mol. The number of fused-ring (bicyclic) bond motifs is 1. The summed E-state index contributed by atoms with van der Waals surface area (Å²) in [6.07, 6.45) is 7.20. The molecule has 1 aliphatic carbocycles. The van der Waals surface area contributed by atoms with Crippen molar-refractivity contribution in [2.24, 2.45) is 0 Å². The van der Waals surface area contributed by atoms with Gasteiger partial charge in [0.2, 0.25) is 0 Å². The van der Waals surface area contributed by atoms with Crippen LogP contribution in [0.4, 0.5) is 0 Å². The van der Waals surface area contributed by atoms with E-state index in [2.05, 4.69) is 5.32 Å². The van der Waals surface area contributed by atoms with Crippen molar-refractivity contribution in [2.75, 3.05) is 7.11 Å². The van der Waals surface area contributed by atoms with E-state index in [9.17, 15) is 9.59 Å². The van der Waals surface area contributed by atoms with Gasteiger partial charge in [-0.25, -0.2) is 0 Å². The third-order valence-electron chi connectivity index (χ3n) is 4.56. The van der Waals surface area contributed by atoms with E-state index in [0.717, 1.165) is 37.8 Å². The van der Waals surface area contributed by atoms with Gasteiger partial charge in [-0.2, -0.15) is 0 Å². The van der Waals surface area contributed by atoms with Gasteiger partial charge >= 0.3 is 0 Å². The highest BCUT2D eigenvalue weighted by Gasteiger charge is 2.26. The van der Waals surface area contributed by atoms with Crippen molar-refractivity contribution in [1.29, 1.82) is 0 Å². The average molecular weight is 290 g/mol. The molecule has 0 unspecified atom stereocenters. The van der Waals surface area contributed by atoms with E-state index < -0.39 is 0 Å². The van der Waals surface area contributed by atoms with Gasteiger partial charge in [0.15, 0.2) is 0 Å². The second-order valence-corrected chi connectivity index (χ2v) is 5.94. The normalized spacial score (nSPS) is 18.3. The molecule has 3 rings (SSSR count). The fourth-order valence-electron chi connectivity index (χ4n) is 3.47. The lowest BCUT2D eigenvalue weighted by atomic mass is 10.0. The minimum Gasteiger partial charge on any atom is -0.496 e. The third-order valence-corrected chi connectivity index (χ3v) is 4.56. The number of nitrogens with one attached hydrogen (secondary N) is 1. The second-order valence-electron chi connectivity index (χ2n) is 5.94. The van der Waals surface area contributed by atoms with Crippen molar-refractivity contribution in [2.45, 2.75) is 57.5 Å². The number of aromatic nitrogens is 1. The minimum atomic E-state index is -0.0931. The molecule has 0 aromatic carbocycles. The van der Waals surface area contributed by atoms with Crippen LogP contribution in [0.5, 0.6) is 5.75 Å². The summed E-state index contributed by atoms with van der Waals surface area (Å²) in [6.45, 7) is 0.696. The van der Waals surface area contributed by atoms with Crippen LogP contribution in [0.1, 0.15) is 54.6 Å². The molecule has 0 radical (unpaired) electrons. The molecule has 1 fully saturated rings. The Bertz CT molecular complexity index is 600. The van der Waals surface area contributed by atoms with Gasteiger partial charge in [0.25, 0.3) is 11.5 Å². The standard InChI is InChI=1S/C16H22N2O3/c1-21-13-10-14(19)18-9-5-4-8-12(18)15(13)16(20)17-11-6-2-3-7-11/h10-11H,2-9H2,1H3,(H,17,20). The Morgan fingerprint density at radius 3 is 2.76 bits per heavy atom. The van der Waals surface area contributed by atoms with Crippen molar-refractivity contribution in [3.05, 3.63) is 27.7 Å². The first-order valence-corrected chi connectivity index (χ1v) is 7.82. The van der Waals surface area contributed by atoms with E-state index >= 15 is 0 Å². The lowest BCUT2D eigenvalue weighted by Gasteiger charge is -2.23. The molecule has 0 atom stereocenters. The highest BCUT2D eigenvalue weighted by Crippen LogP contribution is 2.26. The Hall–Kier alpha value is -1.78. The summed E-state index contributed by atoms with van der Waals surface area (Å²) in [6, 6.07) is 1.71. The minimum absolute atomic E-state index is 0.0704. The number of methoxy groups -OCH3 is 1. The number of carbonyl (C=O) groups excluding carboxylic acids is 1. The molecule has 1 N–H and O–H groups in total.